The summed E-state index contributed by atoms with van der Waals surface area (Å²) in [6, 6.07) is 2.93. The molecule has 1 unspecified atom stereocenters. The SMILES string of the molecule is CC1(C(=O)c2cc(F)cc(F)c2)CCCN1. The van der Waals surface area contributed by atoms with Crippen LogP contribution in [0.15, 0.2) is 18.2 Å². The van der Waals surface area contributed by atoms with E-state index >= 15 is 0 Å². The molecule has 1 saturated heterocycles. The van der Waals surface area contributed by atoms with Crippen LogP contribution in [0, 0.1) is 11.6 Å². The van der Waals surface area contributed by atoms with Gasteiger partial charge in [0.1, 0.15) is 11.6 Å². The second-order valence-corrected chi connectivity index (χ2v) is 4.35. The van der Waals surface area contributed by atoms with Crippen LogP contribution in [0.25, 0.3) is 0 Å². The van der Waals surface area contributed by atoms with Gasteiger partial charge in [-0.1, -0.05) is 0 Å². The Labute approximate surface area is 92.7 Å². The van der Waals surface area contributed by atoms with Crippen LogP contribution in [0.1, 0.15) is 30.1 Å². The summed E-state index contributed by atoms with van der Waals surface area (Å²) in [6.45, 7) is 2.53. The summed E-state index contributed by atoms with van der Waals surface area (Å²) in [5, 5.41) is 3.08. The van der Waals surface area contributed by atoms with Crippen molar-refractivity contribution in [3.8, 4) is 0 Å². The third-order valence-corrected chi connectivity index (χ3v) is 2.99. The first-order valence-electron chi connectivity index (χ1n) is 5.27. The molecule has 1 aliphatic heterocycles. The molecule has 1 aromatic rings. The monoisotopic (exact) mass is 225 g/mol. The molecule has 1 fully saturated rings. The smallest absolute Gasteiger partial charge is 0.182 e. The summed E-state index contributed by atoms with van der Waals surface area (Å²) in [5.74, 6) is -1.68. The van der Waals surface area contributed by atoms with Crippen molar-refractivity contribution in [3.05, 3.63) is 35.4 Å². The molecule has 86 valence electrons. The molecule has 2 rings (SSSR count). The summed E-state index contributed by atoms with van der Waals surface area (Å²) in [5.41, 5.74) is -0.588. The maximum Gasteiger partial charge on any atom is 0.182 e. The van der Waals surface area contributed by atoms with E-state index in [9.17, 15) is 13.6 Å². The highest BCUT2D eigenvalue weighted by Crippen LogP contribution is 2.24. The minimum atomic E-state index is -0.718. The molecule has 0 aliphatic carbocycles. The summed E-state index contributed by atoms with van der Waals surface area (Å²) in [6.07, 6.45) is 1.60. The van der Waals surface area contributed by atoms with E-state index in [0.717, 1.165) is 31.2 Å². The van der Waals surface area contributed by atoms with Gasteiger partial charge in [-0.2, -0.15) is 0 Å². The van der Waals surface area contributed by atoms with Crippen molar-refractivity contribution in [3.63, 3.8) is 0 Å². The Bertz CT molecular complexity index is 405. The summed E-state index contributed by atoms with van der Waals surface area (Å²) in [4.78, 5) is 12.1. The zero-order valence-corrected chi connectivity index (χ0v) is 9.02. The molecule has 0 saturated carbocycles. The number of carbonyl (C=O) groups excluding carboxylic acids is 1. The first-order valence-corrected chi connectivity index (χ1v) is 5.27. The molecule has 16 heavy (non-hydrogen) atoms. The Morgan fingerprint density at radius 3 is 2.44 bits per heavy atom. The van der Waals surface area contributed by atoms with Crippen molar-refractivity contribution in [2.24, 2.45) is 0 Å². The molecule has 1 atom stereocenters. The minimum absolute atomic E-state index is 0.0920. The number of nitrogens with one attached hydrogen (secondary N) is 1. The molecule has 4 heteroatoms. The molecule has 2 nitrogen and oxygen atoms in total. The van der Waals surface area contributed by atoms with Gasteiger partial charge in [0.05, 0.1) is 5.54 Å². The summed E-state index contributed by atoms with van der Waals surface area (Å²) < 4.78 is 26.0. The fourth-order valence-electron chi connectivity index (χ4n) is 2.09. The topological polar surface area (TPSA) is 29.1 Å². The average Bonchev–Trinajstić information content (AvgIpc) is 2.64. The predicted molar refractivity (Wildman–Crippen MR) is 56.3 cm³/mol. The van der Waals surface area contributed by atoms with E-state index in [-0.39, 0.29) is 11.3 Å². The van der Waals surface area contributed by atoms with Crippen molar-refractivity contribution in [2.45, 2.75) is 25.3 Å². The first kappa shape index (κ1) is 11.2. The Morgan fingerprint density at radius 1 is 1.31 bits per heavy atom. The maximum atomic E-state index is 13.0. The van der Waals surface area contributed by atoms with Gasteiger partial charge in [-0.3, -0.25) is 4.79 Å². The molecule has 0 spiro atoms. The van der Waals surface area contributed by atoms with Crippen molar-refractivity contribution >= 4 is 5.78 Å². The van der Waals surface area contributed by atoms with Crippen LogP contribution in [0.5, 0.6) is 0 Å². The highest BCUT2D eigenvalue weighted by atomic mass is 19.1. The molecular formula is C12H13F2NO. The Kier molecular flexibility index (Phi) is 2.76. The van der Waals surface area contributed by atoms with Crippen LogP contribution in [0.2, 0.25) is 0 Å². The van der Waals surface area contributed by atoms with Crippen LogP contribution in [0.3, 0.4) is 0 Å². The number of ketones is 1. The fraction of sp³-hybridized carbons (Fsp3) is 0.417. The standard InChI is InChI=1S/C12H13F2NO/c1-12(3-2-4-15-12)11(16)8-5-9(13)7-10(14)6-8/h5-7,15H,2-4H2,1H3. The van der Waals surface area contributed by atoms with Gasteiger partial charge in [-0.05, 0) is 38.4 Å². The molecule has 0 aromatic heterocycles. The number of Topliss-reactive ketones (excluding diaryl/α,β-unsaturated/α-hetero) is 1. The number of hydrogen-bond acceptors (Lipinski definition) is 2. The number of halogens is 2. The zero-order valence-electron chi connectivity index (χ0n) is 9.02. The van der Waals surface area contributed by atoms with Crippen LogP contribution >= 0.6 is 0 Å². The maximum absolute atomic E-state index is 13.0. The van der Waals surface area contributed by atoms with Gasteiger partial charge < -0.3 is 5.32 Å². The quantitative estimate of drug-likeness (QED) is 0.782. The van der Waals surface area contributed by atoms with Crippen molar-refractivity contribution < 1.29 is 13.6 Å². The lowest BCUT2D eigenvalue weighted by Crippen LogP contribution is -2.44. The van der Waals surface area contributed by atoms with Crippen LogP contribution in [-0.4, -0.2) is 17.9 Å². The lowest BCUT2D eigenvalue weighted by Gasteiger charge is -2.22. The second kappa shape index (κ2) is 3.94. The fourth-order valence-corrected chi connectivity index (χ4v) is 2.09. The molecule has 1 aliphatic rings. The average molecular weight is 225 g/mol. The van der Waals surface area contributed by atoms with E-state index in [0.29, 0.717) is 6.42 Å². The van der Waals surface area contributed by atoms with E-state index in [1.807, 2.05) is 0 Å². The lowest BCUT2D eigenvalue weighted by molar-refractivity contribution is 0.0883. The third-order valence-electron chi connectivity index (χ3n) is 2.99. The van der Waals surface area contributed by atoms with Gasteiger partial charge in [0, 0.05) is 11.6 Å². The predicted octanol–water partition coefficient (Wildman–Crippen LogP) is 2.29. The molecule has 0 radical (unpaired) electrons. The number of carbonyl (C=O) groups is 1. The number of hydrogen-bond donors (Lipinski definition) is 1. The van der Waals surface area contributed by atoms with Crippen molar-refractivity contribution in [1.29, 1.82) is 0 Å². The van der Waals surface area contributed by atoms with Gasteiger partial charge in [-0.15, -0.1) is 0 Å². The lowest BCUT2D eigenvalue weighted by atomic mass is 9.90. The van der Waals surface area contributed by atoms with E-state index in [4.69, 9.17) is 0 Å². The Hall–Kier alpha value is -1.29. The second-order valence-electron chi connectivity index (χ2n) is 4.35. The third kappa shape index (κ3) is 1.97. The van der Waals surface area contributed by atoms with Gasteiger partial charge >= 0.3 is 0 Å². The van der Waals surface area contributed by atoms with Gasteiger partial charge in [0.25, 0.3) is 0 Å². The van der Waals surface area contributed by atoms with Crippen LogP contribution in [0.4, 0.5) is 8.78 Å². The number of rotatable bonds is 2. The Balaban J connectivity index is 2.33. The van der Waals surface area contributed by atoms with Crippen molar-refractivity contribution in [1.82, 2.24) is 5.32 Å². The van der Waals surface area contributed by atoms with Crippen LogP contribution in [-0.2, 0) is 0 Å². The minimum Gasteiger partial charge on any atom is -0.305 e. The molecule has 0 bridgehead atoms. The highest BCUT2D eigenvalue weighted by Gasteiger charge is 2.36. The summed E-state index contributed by atoms with van der Waals surface area (Å²) >= 11 is 0. The largest absolute Gasteiger partial charge is 0.305 e. The van der Waals surface area contributed by atoms with E-state index in [1.165, 1.54) is 0 Å². The van der Waals surface area contributed by atoms with Gasteiger partial charge in [0.2, 0.25) is 0 Å². The highest BCUT2D eigenvalue weighted by molar-refractivity contribution is 6.03. The van der Waals surface area contributed by atoms with Crippen molar-refractivity contribution in [2.75, 3.05) is 6.54 Å². The molecule has 0 amide bonds. The van der Waals surface area contributed by atoms with Gasteiger partial charge in [0.15, 0.2) is 5.78 Å². The van der Waals surface area contributed by atoms with Crippen LogP contribution < -0.4 is 5.32 Å². The zero-order chi connectivity index (χ0) is 11.8. The van der Waals surface area contributed by atoms with Gasteiger partial charge in [-0.25, -0.2) is 8.78 Å². The number of benzene rings is 1. The Morgan fingerprint density at radius 2 is 1.94 bits per heavy atom. The normalized spacial score (nSPS) is 24.7. The van der Waals surface area contributed by atoms with E-state index < -0.39 is 17.2 Å². The molecule has 1 aromatic carbocycles. The summed E-state index contributed by atoms with van der Waals surface area (Å²) in [7, 11) is 0. The van der Waals surface area contributed by atoms with E-state index in [1.54, 1.807) is 6.92 Å². The van der Waals surface area contributed by atoms with E-state index in [2.05, 4.69) is 5.32 Å². The molecular weight excluding hydrogens is 212 g/mol. The molecule has 1 N–H and O–H groups in total. The first-order chi connectivity index (χ1) is 7.51. The molecule has 1 heterocycles.